The van der Waals surface area contributed by atoms with Crippen molar-refractivity contribution < 1.29 is 0 Å². The number of nitrogens with zero attached hydrogens (tertiary/aromatic N) is 2. The SMILES string of the molecule is CCn1c(SCc2ccccc2)nc2c(c1=O)CCC2. The van der Waals surface area contributed by atoms with Crippen molar-refractivity contribution in [2.75, 3.05) is 0 Å². The summed E-state index contributed by atoms with van der Waals surface area (Å²) in [4.78, 5) is 17.2. The first-order valence-corrected chi connectivity index (χ1v) is 8.07. The topological polar surface area (TPSA) is 34.9 Å². The number of fused-ring (bicyclic) bond motifs is 1. The molecule has 104 valence electrons. The minimum Gasteiger partial charge on any atom is -0.288 e. The molecule has 0 unspecified atom stereocenters. The third kappa shape index (κ3) is 2.52. The normalized spacial score (nSPS) is 13.4. The van der Waals surface area contributed by atoms with Gasteiger partial charge in [0.25, 0.3) is 5.56 Å². The molecule has 1 heterocycles. The van der Waals surface area contributed by atoms with E-state index in [1.807, 2.05) is 29.7 Å². The lowest BCUT2D eigenvalue weighted by atomic mass is 10.2. The van der Waals surface area contributed by atoms with Crippen LogP contribution in [-0.4, -0.2) is 9.55 Å². The van der Waals surface area contributed by atoms with Crippen LogP contribution in [0.3, 0.4) is 0 Å². The maximum Gasteiger partial charge on any atom is 0.257 e. The lowest BCUT2D eigenvalue weighted by Crippen LogP contribution is -2.26. The number of aromatic nitrogens is 2. The van der Waals surface area contributed by atoms with E-state index in [0.29, 0.717) is 6.54 Å². The molecule has 0 saturated heterocycles. The Hall–Kier alpha value is -1.55. The minimum absolute atomic E-state index is 0.172. The van der Waals surface area contributed by atoms with Gasteiger partial charge in [-0.25, -0.2) is 4.98 Å². The van der Waals surface area contributed by atoms with Gasteiger partial charge in [0.05, 0.1) is 5.69 Å². The number of aryl methyl sites for hydroxylation is 1. The van der Waals surface area contributed by atoms with E-state index in [1.165, 1.54) is 5.56 Å². The van der Waals surface area contributed by atoms with Crippen LogP contribution in [0.4, 0.5) is 0 Å². The van der Waals surface area contributed by atoms with Crippen LogP contribution in [0.25, 0.3) is 0 Å². The maximum atomic E-state index is 12.4. The van der Waals surface area contributed by atoms with Crippen LogP contribution in [0.2, 0.25) is 0 Å². The van der Waals surface area contributed by atoms with Gasteiger partial charge in [-0.15, -0.1) is 0 Å². The van der Waals surface area contributed by atoms with Crippen molar-refractivity contribution in [1.29, 1.82) is 0 Å². The second-order valence-corrected chi connectivity index (χ2v) is 5.94. The van der Waals surface area contributed by atoms with E-state index in [4.69, 9.17) is 4.98 Å². The summed E-state index contributed by atoms with van der Waals surface area (Å²) in [6.45, 7) is 2.70. The first kappa shape index (κ1) is 13.4. The molecule has 1 aromatic heterocycles. The molecular weight excluding hydrogens is 268 g/mol. The quantitative estimate of drug-likeness (QED) is 0.640. The van der Waals surface area contributed by atoms with Crippen LogP contribution in [0.15, 0.2) is 40.3 Å². The van der Waals surface area contributed by atoms with Crippen LogP contribution in [0.1, 0.15) is 30.2 Å². The zero-order valence-electron chi connectivity index (χ0n) is 11.6. The average molecular weight is 286 g/mol. The van der Waals surface area contributed by atoms with Crippen LogP contribution < -0.4 is 5.56 Å². The predicted octanol–water partition coefficient (Wildman–Crippen LogP) is 3.04. The molecule has 0 radical (unpaired) electrons. The third-order valence-corrected chi connectivity index (χ3v) is 4.73. The highest BCUT2D eigenvalue weighted by molar-refractivity contribution is 7.98. The zero-order chi connectivity index (χ0) is 13.9. The standard InChI is InChI=1S/C16H18N2OS/c1-2-18-15(19)13-9-6-10-14(13)17-16(18)20-11-12-7-4-3-5-8-12/h3-5,7-8H,2,6,9-11H2,1H3. The smallest absolute Gasteiger partial charge is 0.257 e. The van der Waals surface area contributed by atoms with Crippen LogP contribution >= 0.6 is 11.8 Å². The molecule has 0 aliphatic heterocycles. The van der Waals surface area contributed by atoms with Crippen molar-refractivity contribution in [2.24, 2.45) is 0 Å². The molecule has 0 fully saturated rings. The van der Waals surface area contributed by atoms with E-state index in [9.17, 15) is 4.79 Å². The van der Waals surface area contributed by atoms with E-state index in [1.54, 1.807) is 11.8 Å². The lowest BCUT2D eigenvalue weighted by molar-refractivity contribution is 0.611. The van der Waals surface area contributed by atoms with Gasteiger partial charge in [-0.05, 0) is 31.7 Å². The van der Waals surface area contributed by atoms with Crippen molar-refractivity contribution in [3.05, 3.63) is 57.5 Å². The molecule has 0 amide bonds. The molecule has 3 rings (SSSR count). The highest BCUT2D eigenvalue weighted by Crippen LogP contribution is 2.24. The maximum absolute atomic E-state index is 12.4. The van der Waals surface area contributed by atoms with Gasteiger partial charge in [0.2, 0.25) is 0 Å². The highest BCUT2D eigenvalue weighted by Gasteiger charge is 2.20. The molecule has 2 aromatic rings. The van der Waals surface area contributed by atoms with Crippen molar-refractivity contribution in [2.45, 2.75) is 43.6 Å². The first-order valence-electron chi connectivity index (χ1n) is 7.09. The molecule has 0 N–H and O–H groups in total. The monoisotopic (exact) mass is 286 g/mol. The molecule has 0 saturated carbocycles. The van der Waals surface area contributed by atoms with Crippen molar-refractivity contribution in [1.82, 2.24) is 9.55 Å². The van der Waals surface area contributed by atoms with Gasteiger partial charge >= 0.3 is 0 Å². The van der Waals surface area contributed by atoms with Gasteiger partial charge in [-0.3, -0.25) is 9.36 Å². The van der Waals surface area contributed by atoms with Gasteiger partial charge < -0.3 is 0 Å². The van der Waals surface area contributed by atoms with E-state index >= 15 is 0 Å². The zero-order valence-corrected chi connectivity index (χ0v) is 12.4. The largest absolute Gasteiger partial charge is 0.288 e. The van der Waals surface area contributed by atoms with Gasteiger partial charge in [0.15, 0.2) is 5.16 Å². The number of hydrogen-bond donors (Lipinski definition) is 0. The second-order valence-electron chi connectivity index (χ2n) is 5.00. The van der Waals surface area contributed by atoms with Gasteiger partial charge in [0, 0.05) is 17.9 Å². The molecule has 4 heteroatoms. The lowest BCUT2D eigenvalue weighted by Gasteiger charge is -2.12. The van der Waals surface area contributed by atoms with Crippen molar-refractivity contribution in [3.8, 4) is 0 Å². The Balaban J connectivity index is 1.89. The molecule has 0 spiro atoms. The second kappa shape index (κ2) is 5.83. The van der Waals surface area contributed by atoms with E-state index in [2.05, 4.69) is 12.1 Å². The van der Waals surface area contributed by atoms with Crippen molar-refractivity contribution in [3.63, 3.8) is 0 Å². The Morgan fingerprint density at radius 1 is 1.25 bits per heavy atom. The summed E-state index contributed by atoms with van der Waals surface area (Å²) in [6, 6.07) is 10.3. The minimum atomic E-state index is 0.172. The Bertz CT molecular complexity index is 664. The Kier molecular flexibility index (Phi) is 3.92. The molecule has 1 aromatic carbocycles. The van der Waals surface area contributed by atoms with Crippen LogP contribution in [0.5, 0.6) is 0 Å². The summed E-state index contributed by atoms with van der Waals surface area (Å²) >= 11 is 1.66. The van der Waals surface area contributed by atoms with Crippen LogP contribution in [0, 0.1) is 0 Å². The predicted molar refractivity (Wildman–Crippen MR) is 82.2 cm³/mol. The fourth-order valence-corrected chi connectivity index (χ4v) is 3.65. The fraction of sp³-hybridized carbons (Fsp3) is 0.375. The first-order chi connectivity index (χ1) is 9.79. The summed E-state index contributed by atoms with van der Waals surface area (Å²) in [5.74, 6) is 0.853. The van der Waals surface area contributed by atoms with E-state index < -0.39 is 0 Å². The van der Waals surface area contributed by atoms with Gasteiger partial charge in [-0.1, -0.05) is 42.1 Å². The summed E-state index contributed by atoms with van der Waals surface area (Å²) in [7, 11) is 0. The highest BCUT2D eigenvalue weighted by atomic mass is 32.2. The van der Waals surface area contributed by atoms with Gasteiger partial charge in [-0.2, -0.15) is 0 Å². The van der Waals surface area contributed by atoms with Crippen molar-refractivity contribution >= 4 is 11.8 Å². The Labute approximate surface area is 123 Å². The Morgan fingerprint density at radius 3 is 2.80 bits per heavy atom. The molecule has 0 bridgehead atoms. The molecule has 3 nitrogen and oxygen atoms in total. The molecule has 20 heavy (non-hydrogen) atoms. The third-order valence-electron chi connectivity index (χ3n) is 3.68. The molecule has 1 aliphatic rings. The number of rotatable bonds is 4. The summed E-state index contributed by atoms with van der Waals surface area (Å²) in [5, 5.41) is 0.863. The van der Waals surface area contributed by atoms with E-state index in [0.717, 1.165) is 41.4 Å². The molecule has 1 aliphatic carbocycles. The number of benzene rings is 1. The van der Waals surface area contributed by atoms with Gasteiger partial charge in [0.1, 0.15) is 0 Å². The Morgan fingerprint density at radius 2 is 2.05 bits per heavy atom. The summed E-state index contributed by atoms with van der Waals surface area (Å²) in [6.07, 6.45) is 2.91. The molecular formula is C16H18N2OS. The molecule has 0 atom stereocenters. The number of hydrogen-bond acceptors (Lipinski definition) is 3. The van der Waals surface area contributed by atoms with Crippen LogP contribution in [-0.2, 0) is 25.1 Å². The average Bonchev–Trinajstić information content (AvgIpc) is 2.95. The summed E-state index contributed by atoms with van der Waals surface area (Å²) in [5.41, 5.74) is 3.40. The fourth-order valence-electron chi connectivity index (χ4n) is 2.62. The summed E-state index contributed by atoms with van der Waals surface area (Å²) < 4.78 is 1.82. The van der Waals surface area contributed by atoms with E-state index in [-0.39, 0.29) is 5.56 Å². The number of thioether (sulfide) groups is 1.